The molecule has 0 radical (unpaired) electrons. The van der Waals surface area contributed by atoms with Crippen molar-refractivity contribution in [1.29, 1.82) is 0 Å². The third-order valence-electron chi connectivity index (χ3n) is 6.93. The number of hydrogen-bond acceptors (Lipinski definition) is 5. The highest BCUT2D eigenvalue weighted by Gasteiger charge is 2.37. The average Bonchev–Trinajstić information content (AvgIpc) is 3.22. The maximum Gasteiger partial charge on any atom is 0.137 e. The summed E-state index contributed by atoms with van der Waals surface area (Å²) in [5.41, 5.74) is 5.61. The molecule has 5 heterocycles. The number of phenolic OH excluding ortho intramolecular Hbond substituents is 1. The number of rotatable bonds is 5. The summed E-state index contributed by atoms with van der Waals surface area (Å²) in [7, 11) is 0. The second-order valence-electron chi connectivity index (χ2n) is 10.0. The van der Waals surface area contributed by atoms with Crippen LogP contribution in [0.2, 0.25) is 5.02 Å². The molecule has 1 N–H and O–H groups in total. The number of halogens is 2. The van der Waals surface area contributed by atoms with Gasteiger partial charge in [0.05, 0.1) is 17.4 Å². The molecule has 2 aliphatic heterocycles. The van der Waals surface area contributed by atoms with E-state index in [1.807, 2.05) is 42.8 Å². The maximum atomic E-state index is 12.8. The molecule has 1 aromatic carbocycles. The first-order valence-corrected chi connectivity index (χ1v) is 12.3. The van der Waals surface area contributed by atoms with E-state index in [0.717, 1.165) is 52.3 Å². The summed E-state index contributed by atoms with van der Waals surface area (Å²) in [6.07, 6.45) is 7.39. The maximum absolute atomic E-state index is 12.8. The molecule has 0 unspecified atom stereocenters. The van der Waals surface area contributed by atoms with Crippen molar-refractivity contribution < 1.29 is 14.2 Å². The van der Waals surface area contributed by atoms with Gasteiger partial charge < -0.3 is 14.2 Å². The molecule has 1 saturated heterocycles. The molecule has 0 saturated carbocycles. The van der Waals surface area contributed by atoms with Gasteiger partial charge in [0.1, 0.15) is 22.7 Å². The Labute approximate surface area is 213 Å². The topological polar surface area (TPSA) is 62.9 Å². The predicted octanol–water partition coefficient (Wildman–Crippen LogP) is 5.62. The van der Waals surface area contributed by atoms with Crippen LogP contribution in [0.25, 0.3) is 16.8 Å². The number of nitrogens with zero attached hydrogens (tertiary/aromatic N) is 4. The van der Waals surface area contributed by atoms with E-state index in [9.17, 15) is 9.50 Å². The lowest BCUT2D eigenvalue weighted by molar-refractivity contribution is 0.0727. The van der Waals surface area contributed by atoms with E-state index in [-0.39, 0.29) is 18.3 Å². The number of likely N-dealkylation sites (tertiary alicyclic amines) is 1. The van der Waals surface area contributed by atoms with E-state index in [4.69, 9.17) is 21.3 Å². The van der Waals surface area contributed by atoms with Crippen molar-refractivity contribution in [2.75, 3.05) is 19.8 Å². The molecule has 0 atom stereocenters. The summed E-state index contributed by atoms with van der Waals surface area (Å²) in [6, 6.07) is 11.2. The summed E-state index contributed by atoms with van der Waals surface area (Å²) in [5, 5.41) is 10.7. The van der Waals surface area contributed by atoms with Crippen LogP contribution in [0.5, 0.6) is 11.5 Å². The van der Waals surface area contributed by atoms with Crippen LogP contribution in [0, 0.1) is 5.92 Å². The molecular formula is C28H26ClFN4O2. The Kier molecular flexibility index (Phi) is 5.50. The third kappa shape index (κ3) is 3.92. The van der Waals surface area contributed by atoms with Crippen molar-refractivity contribution in [3.05, 3.63) is 88.6 Å². The molecule has 2 aliphatic rings. The SMILES string of the molecule is CC1(C)Oc2cc(O)ccc2C(c2ccn3cc(CN4CC(CF)C4)nc3c2)=C1c1ccncc1Cl. The van der Waals surface area contributed by atoms with Crippen LogP contribution in [0.4, 0.5) is 4.39 Å². The summed E-state index contributed by atoms with van der Waals surface area (Å²) in [4.78, 5) is 11.2. The number of ether oxygens (including phenoxy) is 1. The molecule has 3 aromatic heterocycles. The lowest BCUT2D eigenvalue weighted by atomic mass is 9.79. The number of pyridine rings is 2. The molecular weight excluding hydrogens is 479 g/mol. The quantitative estimate of drug-likeness (QED) is 0.382. The highest BCUT2D eigenvalue weighted by Crippen LogP contribution is 2.49. The lowest BCUT2D eigenvalue weighted by Gasteiger charge is -2.38. The minimum absolute atomic E-state index is 0.142. The van der Waals surface area contributed by atoms with Gasteiger partial charge in [0.15, 0.2) is 0 Å². The van der Waals surface area contributed by atoms with E-state index < -0.39 is 5.60 Å². The van der Waals surface area contributed by atoms with Gasteiger partial charge in [-0.1, -0.05) is 11.6 Å². The van der Waals surface area contributed by atoms with Crippen molar-refractivity contribution >= 4 is 28.4 Å². The second kappa shape index (κ2) is 8.61. The first kappa shape index (κ1) is 23.0. The zero-order valence-corrected chi connectivity index (χ0v) is 20.8. The number of aromatic nitrogens is 3. The molecule has 1 fully saturated rings. The zero-order chi connectivity index (χ0) is 25.0. The van der Waals surface area contributed by atoms with E-state index in [0.29, 0.717) is 17.3 Å². The number of alkyl halides is 1. The highest BCUT2D eigenvalue weighted by molar-refractivity contribution is 6.32. The van der Waals surface area contributed by atoms with Crippen molar-refractivity contribution in [3.63, 3.8) is 0 Å². The number of imidazole rings is 1. The van der Waals surface area contributed by atoms with E-state index in [1.54, 1.807) is 24.5 Å². The van der Waals surface area contributed by atoms with Crippen LogP contribution in [0.3, 0.4) is 0 Å². The summed E-state index contributed by atoms with van der Waals surface area (Å²) in [5.74, 6) is 0.895. The molecule has 6 nitrogen and oxygen atoms in total. The normalized spacial score (nSPS) is 17.7. The number of phenols is 1. The Morgan fingerprint density at radius 2 is 2.00 bits per heavy atom. The van der Waals surface area contributed by atoms with Crippen LogP contribution in [0.1, 0.15) is 36.2 Å². The number of fused-ring (bicyclic) bond motifs is 2. The molecule has 0 amide bonds. The first-order chi connectivity index (χ1) is 17.3. The molecule has 36 heavy (non-hydrogen) atoms. The first-order valence-electron chi connectivity index (χ1n) is 12.0. The molecule has 4 aromatic rings. The lowest BCUT2D eigenvalue weighted by Crippen LogP contribution is -2.46. The van der Waals surface area contributed by atoms with Gasteiger partial charge in [-0.2, -0.15) is 0 Å². The van der Waals surface area contributed by atoms with Crippen LogP contribution in [-0.4, -0.2) is 49.7 Å². The summed E-state index contributed by atoms with van der Waals surface area (Å²) >= 11 is 6.64. The Morgan fingerprint density at radius 3 is 2.78 bits per heavy atom. The van der Waals surface area contributed by atoms with Gasteiger partial charge >= 0.3 is 0 Å². The Balaban J connectivity index is 1.50. The van der Waals surface area contributed by atoms with Crippen LogP contribution in [0.15, 0.2) is 61.2 Å². The zero-order valence-electron chi connectivity index (χ0n) is 20.1. The van der Waals surface area contributed by atoms with Crippen LogP contribution >= 0.6 is 11.6 Å². The fourth-order valence-corrected chi connectivity index (χ4v) is 5.51. The van der Waals surface area contributed by atoms with Crippen molar-refractivity contribution in [2.24, 2.45) is 5.92 Å². The standard InChI is InChI=1S/C28H26ClFN4O2/c1-28(2)27(21-5-7-31-12-23(21)29)26(22-4-3-20(35)10-24(22)36-28)18-6-8-34-16-19(32-25(34)9-18)15-33-13-17(11-30)14-33/h3-10,12,16-17,35H,11,13-15H2,1-2H3. The van der Waals surface area contributed by atoms with E-state index in [1.165, 1.54) is 0 Å². The summed E-state index contributed by atoms with van der Waals surface area (Å²) < 4.78 is 21.2. The van der Waals surface area contributed by atoms with E-state index in [2.05, 4.69) is 22.0 Å². The largest absolute Gasteiger partial charge is 0.508 e. The number of benzene rings is 1. The smallest absolute Gasteiger partial charge is 0.137 e. The Morgan fingerprint density at radius 1 is 1.17 bits per heavy atom. The fraction of sp³-hybridized carbons (Fsp3) is 0.286. The predicted molar refractivity (Wildman–Crippen MR) is 138 cm³/mol. The fourth-order valence-electron chi connectivity index (χ4n) is 5.30. The highest BCUT2D eigenvalue weighted by atomic mass is 35.5. The second-order valence-corrected chi connectivity index (χ2v) is 10.4. The minimum Gasteiger partial charge on any atom is -0.508 e. The van der Waals surface area contributed by atoms with Gasteiger partial charge in [-0.05, 0) is 49.7 Å². The van der Waals surface area contributed by atoms with Gasteiger partial charge in [-0.3, -0.25) is 14.3 Å². The van der Waals surface area contributed by atoms with Gasteiger partial charge in [-0.15, -0.1) is 0 Å². The minimum atomic E-state index is -0.738. The van der Waals surface area contributed by atoms with E-state index >= 15 is 0 Å². The molecule has 6 rings (SSSR count). The van der Waals surface area contributed by atoms with Gasteiger partial charge in [-0.25, -0.2) is 4.98 Å². The van der Waals surface area contributed by atoms with Gasteiger partial charge in [0.2, 0.25) is 0 Å². The van der Waals surface area contributed by atoms with Crippen molar-refractivity contribution in [1.82, 2.24) is 19.3 Å². The molecule has 0 bridgehead atoms. The molecule has 0 aliphatic carbocycles. The van der Waals surface area contributed by atoms with Crippen LogP contribution < -0.4 is 4.74 Å². The molecule has 0 spiro atoms. The van der Waals surface area contributed by atoms with Gasteiger partial charge in [0.25, 0.3) is 0 Å². The summed E-state index contributed by atoms with van der Waals surface area (Å²) in [6.45, 7) is 5.99. The van der Waals surface area contributed by atoms with Crippen molar-refractivity contribution in [3.8, 4) is 11.5 Å². The van der Waals surface area contributed by atoms with Crippen LogP contribution in [-0.2, 0) is 6.54 Å². The third-order valence-corrected chi connectivity index (χ3v) is 7.23. The Bertz CT molecular complexity index is 1510. The average molecular weight is 505 g/mol. The number of aromatic hydroxyl groups is 1. The van der Waals surface area contributed by atoms with Crippen molar-refractivity contribution in [2.45, 2.75) is 26.0 Å². The van der Waals surface area contributed by atoms with Gasteiger partial charge in [0, 0.05) is 78.7 Å². The molecule has 184 valence electrons. The number of hydrogen-bond donors (Lipinski definition) is 1. The molecule has 8 heteroatoms. The Hall–Kier alpha value is -3.42. The monoisotopic (exact) mass is 504 g/mol.